The minimum absolute atomic E-state index is 0.630. The molecule has 2 heteroatoms. The molecule has 0 bridgehead atoms. The largest absolute Gasteiger partial charge is 0.256 e. The molecule has 25 heavy (non-hydrogen) atoms. The zero-order chi connectivity index (χ0) is 18.0. The van der Waals surface area contributed by atoms with E-state index < -0.39 is 0 Å². The average Bonchev–Trinajstić information content (AvgIpc) is 2.54. The quantitative estimate of drug-likeness (QED) is 0.592. The molecule has 3 rings (SSSR count). The molecule has 0 saturated carbocycles. The Bertz CT molecular complexity index is 871. The number of hydrogen-bond donors (Lipinski definition) is 0. The monoisotopic (exact) mass is 330 g/mol. The first kappa shape index (κ1) is 17.3. The molecule has 0 atom stereocenters. The third kappa shape index (κ3) is 3.79. The van der Waals surface area contributed by atoms with Gasteiger partial charge in [-0.1, -0.05) is 31.5 Å². The fourth-order valence-corrected chi connectivity index (χ4v) is 3.58. The maximum absolute atomic E-state index is 4.73. The molecular formula is C23H26N2. The molecule has 128 valence electrons. The summed E-state index contributed by atoms with van der Waals surface area (Å²) in [5, 5.41) is 0. The molecule has 0 aliphatic carbocycles. The second-order valence-corrected chi connectivity index (χ2v) is 7.32. The summed E-state index contributed by atoms with van der Waals surface area (Å²) in [4.78, 5) is 9.37. The summed E-state index contributed by atoms with van der Waals surface area (Å²) in [6, 6.07) is 12.9. The molecule has 0 N–H and O–H groups in total. The average molecular weight is 330 g/mol. The van der Waals surface area contributed by atoms with Crippen molar-refractivity contribution in [3.8, 4) is 22.5 Å². The van der Waals surface area contributed by atoms with E-state index in [1.807, 2.05) is 18.5 Å². The summed E-state index contributed by atoms with van der Waals surface area (Å²) >= 11 is 0. The Labute approximate surface area is 151 Å². The lowest BCUT2D eigenvalue weighted by Crippen LogP contribution is -1.98. The van der Waals surface area contributed by atoms with Gasteiger partial charge in [-0.2, -0.15) is 0 Å². The molecule has 2 aromatic heterocycles. The number of aryl methyl sites for hydroxylation is 3. The fourth-order valence-electron chi connectivity index (χ4n) is 3.58. The van der Waals surface area contributed by atoms with Crippen LogP contribution in [0, 0.1) is 26.7 Å². The van der Waals surface area contributed by atoms with Gasteiger partial charge in [0.25, 0.3) is 0 Å². The van der Waals surface area contributed by atoms with Gasteiger partial charge in [-0.05, 0) is 74.1 Å². The van der Waals surface area contributed by atoms with Crippen LogP contribution in [-0.2, 0) is 6.42 Å². The molecule has 2 nitrogen and oxygen atoms in total. The van der Waals surface area contributed by atoms with Crippen molar-refractivity contribution in [2.24, 2.45) is 5.92 Å². The summed E-state index contributed by atoms with van der Waals surface area (Å²) in [5.74, 6) is 0.630. The van der Waals surface area contributed by atoms with Crippen LogP contribution in [0.2, 0.25) is 0 Å². The zero-order valence-electron chi connectivity index (χ0n) is 15.8. The van der Waals surface area contributed by atoms with Crippen molar-refractivity contribution >= 4 is 0 Å². The first-order chi connectivity index (χ1) is 12.0. The summed E-state index contributed by atoms with van der Waals surface area (Å²) < 4.78 is 0. The van der Waals surface area contributed by atoms with Crippen molar-refractivity contribution in [1.29, 1.82) is 0 Å². The van der Waals surface area contributed by atoms with E-state index in [0.29, 0.717) is 5.92 Å². The molecule has 0 aliphatic heterocycles. The van der Waals surface area contributed by atoms with Gasteiger partial charge in [-0.25, -0.2) is 0 Å². The van der Waals surface area contributed by atoms with E-state index in [1.54, 1.807) is 0 Å². The predicted octanol–water partition coefficient (Wildman–Crippen LogP) is 5.93. The number of nitrogens with zero attached hydrogens (tertiary/aromatic N) is 2. The maximum atomic E-state index is 4.73. The smallest absolute Gasteiger partial charge is 0.0801 e. The van der Waals surface area contributed by atoms with Crippen molar-refractivity contribution in [3.63, 3.8) is 0 Å². The SMILES string of the molecule is Cc1cc(C)c(-c2ncccc2-c2cc(CC(C)C)ccn2)c(C)c1. The third-order valence-electron chi connectivity index (χ3n) is 4.47. The lowest BCUT2D eigenvalue weighted by atomic mass is 9.93. The second kappa shape index (κ2) is 7.18. The Kier molecular flexibility index (Phi) is 4.98. The molecule has 0 spiro atoms. The summed E-state index contributed by atoms with van der Waals surface area (Å²) in [7, 11) is 0. The molecule has 0 amide bonds. The topological polar surface area (TPSA) is 25.8 Å². The Morgan fingerprint density at radius 1 is 0.880 bits per heavy atom. The molecule has 0 saturated heterocycles. The number of rotatable bonds is 4. The highest BCUT2D eigenvalue weighted by molar-refractivity contribution is 5.82. The lowest BCUT2D eigenvalue weighted by molar-refractivity contribution is 0.647. The minimum atomic E-state index is 0.630. The van der Waals surface area contributed by atoms with E-state index in [0.717, 1.165) is 23.4 Å². The number of benzene rings is 1. The van der Waals surface area contributed by atoms with E-state index >= 15 is 0 Å². The highest BCUT2D eigenvalue weighted by atomic mass is 14.7. The first-order valence-electron chi connectivity index (χ1n) is 8.94. The van der Waals surface area contributed by atoms with Crippen LogP contribution in [-0.4, -0.2) is 9.97 Å². The second-order valence-electron chi connectivity index (χ2n) is 7.32. The van der Waals surface area contributed by atoms with Gasteiger partial charge in [-0.3, -0.25) is 9.97 Å². The first-order valence-corrected chi connectivity index (χ1v) is 8.94. The van der Waals surface area contributed by atoms with E-state index in [4.69, 9.17) is 4.98 Å². The van der Waals surface area contributed by atoms with E-state index in [2.05, 4.69) is 69.9 Å². The van der Waals surface area contributed by atoms with E-state index in [9.17, 15) is 0 Å². The number of hydrogen-bond acceptors (Lipinski definition) is 2. The lowest BCUT2D eigenvalue weighted by Gasteiger charge is -2.15. The summed E-state index contributed by atoms with van der Waals surface area (Å²) in [5.41, 5.74) is 9.47. The van der Waals surface area contributed by atoms with Gasteiger partial charge in [0.15, 0.2) is 0 Å². The van der Waals surface area contributed by atoms with Gasteiger partial charge in [-0.15, -0.1) is 0 Å². The van der Waals surface area contributed by atoms with Gasteiger partial charge in [0, 0.05) is 23.5 Å². The van der Waals surface area contributed by atoms with Crippen molar-refractivity contribution in [3.05, 3.63) is 71.0 Å². The van der Waals surface area contributed by atoms with Crippen LogP contribution in [0.4, 0.5) is 0 Å². The third-order valence-corrected chi connectivity index (χ3v) is 4.47. The number of aromatic nitrogens is 2. The number of pyridine rings is 2. The zero-order valence-corrected chi connectivity index (χ0v) is 15.8. The highest BCUT2D eigenvalue weighted by Gasteiger charge is 2.14. The summed E-state index contributed by atoms with van der Waals surface area (Å²) in [6.45, 7) is 11.0. The van der Waals surface area contributed by atoms with Gasteiger partial charge in [0.05, 0.1) is 11.4 Å². The highest BCUT2D eigenvalue weighted by Crippen LogP contribution is 2.34. The molecule has 1 aromatic carbocycles. The van der Waals surface area contributed by atoms with Gasteiger partial charge in [0.1, 0.15) is 0 Å². The van der Waals surface area contributed by atoms with E-state index in [1.165, 1.54) is 27.8 Å². The molecule has 0 unspecified atom stereocenters. The Morgan fingerprint density at radius 3 is 2.28 bits per heavy atom. The Morgan fingerprint density at radius 2 is 1.60 bits per heavy atom. The Hall–Kier alpha value is -2.48. The van der Waals surface area contributed by atoms with Crippen LogP contribution >= 0.6 is 0 Å². The van der Waals surface area contributed by atoms with Crippen LogP contribution in [0.3, 0.4) is 0 Å². The molecule has 2 heterocycles. The van der Waals surface area contributed by atoms with Crippen molar-refractivity contribution in [2.75, 3.05) is 0 Å². The van der Waals surface area contributed by atoms with Crippen molar-refractivity contribution < 1.29 is 0 Å². The van der Waals surface area contributed by atoms with Crippen LogP contribution in [0.5, 0.6) is 0 Å². The molecular weight excluding hydrogens is 304 g/mol. The van der Waals surface area contributed by atoms with Crippen molar-refractivity contribution in [1.82, 2.24) is 9.97 Å². The van der Waals surface area contributed by atoms with Crippen LogP contribution < -0.4 is 0 Å². The molecule has 0 aliphatic rings. The van der Waals surface area contributed by atoms with Crippen LogP contribution in [0.25, 0.3) is 22.5 Å². The molecule has 0 fully saturated rings. The van der Waals surface area contributed by atoms with Crippen LogP contribution in [0.1, 0.15) is 36.1 Å². The van der Waals surface area contributed by atoms with Gasteiger partial charge >= 0.3 is 0 Å². The fraction of sp³-hybridized carbons (Fsp3) is 0.304. The standard InChI is InChI=1S/C23H26N2/c1-15(2)11-19-8-10-24-21(14-19)20-7-6-9-25-23(20)22-17(4)12-16(3)13-18(22)5/h6-10,12-15H,11H2,1-5H3. The maximum Gasteiger partial charge on any atom is 0.0801 e. The van der Waals surface area contributed by atoms with Gasteiger partial charge in [0.2, 0.25) is 0 Å². The molecule has 0 radical (unpaired) electrons. The minimum Gasteiger partial charge on any atom is -0.256 e. The Balaban J connectivity index is 2.15. The molecule has 3 aromatic rings. The van der Waals surface area contributed by atoms with E-state index in [-0.39, 0.29) is 0 Å². The normalized spacial score (nSPS) is 11.1. The predicted molar refractivity (Wildman–Crippen MR) is 106 cm³/mol. The van der Waals surface area contributed by atoms with Crippen molar-refractivity contribution in [2.45, 2.75) is 41.0 Å². The van der Waals surface area contributed by atoms with Gasteiger partial charge < -0.3 is 0 Å². The summed E-state index contributed by atoms with van der Waals surface area (Å²) in [6.07, 6.45) is 4.85. The van der Waals surface area contributed by atoms with Crippen LogP contribution in [0.15, 0.2) is 48.8 Å².